The molecule has 0 amide bonds. The van der Waals surface area contributed by atoms with E-state index >= 15 is 0 Å². The Morgan fingerprint density at radius 3 is 2.60 bits per heavy atom. The maximum atomic E-state index is 13.6. The molecule has 104 valence electrons. The van der Waals surface area contributed by atoms with E-state index in [0.29, 0.717) is 11.1 Å². The summed E-state index contributed by atoms with van der Waals surface area (Å²) in [6, 6.07) is 9.11. The van der Waals surface area contributed by atoms with Gasteiger partial charge in [-0.1, -0.05) is 24.4 Å². The van der Waals surface area contributed by atoms with Crippen LogP contribution < -0.4 is 11.1 Å². The molecule has 2 nitrogen and oxygen atoms in total. The molecular formula is C15H14F2N2S. The SMILES string of the molecule is Cc1ccc(C(N)=S)c(NCc2ccc(F)cc2F)c1. The number of thiocarbonyl (C=S) groups is 1. The van der Waals surface area contributed by atoms with E-state index in [-0.39, 0.29) is 11.5 Å². The molecule has 2 rings (SSSR count). The first-order chi connectivity index (χ1) is 9.47. The zero-order chi connectivity index (χ0) is 14.7. The van der Waals surface area contributed by atoms with Crippen molar-refractivity contribution in [3.05, 3.63) is 64.7 Å². The summed E-state index contributed by atoms with van der Waals surface area (Å²) in [5.41, 5.74) is 8.50. The third-order valence-electron chi connectivity index (χ3n) is 2.92. The van der Waals surface area contributed by atoms with Crippen molar-refractivity contribution in [3.8, 4) is 0 Å². The third-order valence-corrected chi connectivity index (χ3v) is 3.14. The maximum absolute atomic E-state index is 13.6. The van der Waals surface area contributed by atoms with Gasteiger partial charge >= 0.3 is 0 Å². The van der Waals surface area contributed by atoms with Gasteiger partial charge in [0.2, 0.25) is 0 Å². The van der Waals surface area contributed by atoms with E-state index in [1.165, 1.54) is 12.1 Å². The van der Waals surface area contributed by atoms with Crippen molar-refractivity contribution in [2.45, 2.75) is 13.5 Å². The van der Waals surface area contributed by atoms with E-state index < -0.39 is 11.6 Å². The Bertz CT molecular complexity index is 656. The zero-order valence-electron chi connectivity index (χ0n) is 10.9. The highest BCUT2D eigenvalue weighted by Crippen LogP contribution is 2.19. The Labute approximate surface area is 121 Å². The highest BCUT2D eigenvalue weighted by molar-refractivity contribution is 7.80. The van der Waals surface area contributed by atoms with Crippen LogP contribution in [0.4, 0.5) is 14.5 Å². The summed E-state index contributed by atoms with van der Waals surface area (Å²) in [5, 5.41) is 3.08. The van der Waals surface area contributed by atoms with Gasteiger partial charge in [0.1, 0.15) is 16.6 Å². The molecule has 0 fully saturated rings. The molecule has 2 aromatic rings. The third kappa shape index (κ3) is 3.30. The molecule has 0 aliphatic carbocycles. The van der Waals surface area contributed by atoms with Crippen LogP contribution >= 0.6 is 12.2 Å². The van der Waals surface area contributed by atoms with E-state index in [0.717, 1.165) is 17.3 Å². The Morgan fingerprint density at radius 1 is 1.20 bits per heavy atom. The number of benzene rings is 2. The van der Waals surface area contributed by atoms with Crippen LogP contribution in [0.25, 0.3) is 0 Å². The minimum atomic E-state index is -0.592. The molecule has 0 aliphatic rings. The molecule has 0 unspecified atom stereocenters. The van der Waals surface area contributed by atoms with Gasteiger partial charge in [0.05, 0.1) is 0 Å². The van der Waals surface area contributed by atoms with Crippen molar-refractivity contribution in [1.82, 2.24) is 0 Å². The van der Waals surface area contributed by atoms with Crippen LogP contribution in [0, 0.1) is 18.6 Å². The number of hydrogen-bond acceptors (Lipinski definition) is 2. The average molecular weight is 292 g/mol. The molecule has 0 saturated heterocycles. The highest BCUT2D eigenvalue weighted by Gasteiger charge is 2.07. The summed E-state index contributed by atoms with van der Waals surface area (Å²) >= 11 is 4.98. The van der Waals surface area contributed by atoms with Crippen molar-refractivity contribution < 1.29 is 8.78 Å². The van der Waals surface area contributed by atoms with Gasteiger partial charge in [-0.25, -0.2) is 8.78 Å². The van der Waals surface area contributed by atoms with E-state index in [1.54, 1.807) is 0 Å². The lowest BCUT2D eigenvalue weighted by Crippen LogP contribution is -2.13. The van der Waals surface area contributed by atoms with Crippen LogP contribution in [0.5, 0.6) is 0 Å². The highest BCUT2D eigenvalue weighted by atomic mass is 32.1. The lowest BCUT2D eigenvalue weighted by Gasteiger charge is -2.12. The van der Waals surface area contributed by atoms with Gasteiger partial charge in [-0.05, 0) is 30.7 Å². The van der Waals surface area contributed by atoms with Crippen molar-refractivity contribution in [1.29, 1.82) is 0 Å². The van der Waals surface area contributed by atoms with Crippen molar-refractivity contribution in [2.75, 3.05) is 5.32 Å². The standard InChI is InChI=1S/C15H14F2N2S/c1-9-2-5-12(15(18)20)14(6-9)19-8-10-3-4-11(16)7-13(10)17/h2-7,19H,8H2,1H3,(H2,18,20). The molecule has 2 aromatic carbocycles. The molecule has 0 spiro atoms. The van der Waals surface area contributed by atoms with E-state index in [9.17, 15) is 8.78 Å². The second-order valence-corrected chi connectivity index (χ2v) is 4.94. The molecule has 20 heavy (non-hydrogen) atoms. The van der Waals surface area contributed by atoms with Crippen LogP contribution in [0.1, 0.15) is 16.7 Å². The van der Waals surface area contributed by atoms with Gasteiger partial charge in [0.25, 0.3) is 0 Å². The summed E-state index contributed by atoms with van der Waals surface area (Å²) in [6.07, 6.45) is 0. The summed E-state index contributed by atoms with van der Waals surface area (Å²) in [5.74, 6) is -1.17. The number of anilines is 1. The number of nitrogens with two attached hydrogens (primary N) is 1. The Balaban J connectivity index is 2.22. The maximum Gasteiger partial charge on any atom is 0.131 e. The lowest BCUT2D eigenvalue weighted by atomic mass is 10.1. The summed E-state index contributed by atoms with van der Waals surface area (Å²) in [6.45, 7) is 2.16. The molecule has 0 radical (unpaired) electrons. The molecule has 5 heteroatoms. The quantitative estimate of drug-likeness (QED) is 0.847. The molecule has 0 aromatic heterocycles. The fourth-order valence-corrected chi connectivity index (χ4v) is 2.05. The summed E-state index contributed by atoms with van der Waals surface area (Å²) < 4.78 is 26.4. The second-order valence-electron chi connectivity index (χ2n) is 4.50. The van der Waals surface area contributed by atoms with Gasteiger partial charge in [-0.15, -0.1) is 0 Å². The topological polar surface area (TPSA) is 38.0 Å². The monoisotopic (exact) mass is 292 g/mol. The molecule has 0 saturated carbocycles. The zero-order valence-corrected chi connectivity index (χ0v) is 11.7. The van der Waals surface area contributed by atoms with Gasteiger partial charge in [-0.3, -0.25) is 0 Å². The first kappa shape index (κ1) is 14.4. The number of nitrogens with one attached hydrogen (secondary N) is 1. The minimum absolute atomic E-state index is 0.227. The fourth-order valence-electron chi connectivity index (χ4n) is 1.87. The molecular weight excluding hydrogens is 278 g/mol. The number of hydrogen-bond donors (Lipinski definition) is 2. The first-order valence-electron chi connectivity index (χ1n) is 6.05. The average Bonchev–Trinajstić information content (AvgIpc) is 2.37. The van der Waals surface area contributed by atoms with Gasteiger partial charge in [-0.2, -0.15) is 0 Å². The predicted octanol–water partition coefficient (Wildman–Crippen LogP) is 3.52. The number of aryl methyl sites for hydroxylation is 1. The second kappa shape index (κ2) is 5.96. The molecule has 3 N–H and O–H groups in total. The van der Waals surface area contributed by atoms with E-state index in [4.69, 9.17) is 18.0 Å². The first-order valence-corrected chi connectivity index (χ1v) is 6.46. The minimum Gasteiger partial charge on any atom is -0.389 e. The van der Waals surface area contributed by atoms with Crippen molar-refractivity contribution >= 4 is 22.9 Å². The van der Waals surface area contributed by atoms with Crippen LogP contribution in [0.15, 0.2) is 36.4 Å². The normalized spacial score (nSPS) is 10.3. The Morgan fingerprint density at radius 2 is 1.95 bits per heavy atom. The van der Waals surface area contributed by atoms with Crippen molar-refractivity contribution in [3.63, 3.8) is 0 Å². The van der Waals surface area contributed by atoms with Crippen molar-refractivity contribution in [2.24, 2.45) is 5.73 Å². The predicted molar refractivity (Wildman–Crippen MR) is 80.8 cm³/mol. The number of halogens is 2. The fraction of sp³-hybridized carbons (Fsp3) is 0.133. The molecule has 0 heterocycles. The summed E-state index contributed by atoms with van der Waals surface area (Å²) in [4.78, 5) is 0.270. The Hall–Kier alpha value is -2.01. The molecule has 0 atom stereocenters. The van der Waals surface area contributed by atoms with Crippen LogP contribution in [-0.2, 0) is 6.54 Å². The Kier molecular flexibility index (Phi) is 4.29. The van der Waals surface area contributed by atoms with Crippen LogP contribution in [0.2, 0.25) is 0 Å². The van der Waals surface area contributed by atoms with Crippen LogP contribution in [0.3, 0.4) is 0 Å². The molecule has 0 aliphatic heterocycles. The smallest absolute Gasteiger partial charge is 0.131 e. The van der Waals surface area contributed by atoms with Gasteiger partial charge in [0.15, 0.2) is 0 Å². The van der Waals surface area contributed by atoms with Crippen LogP contribution in [-0.4, -0.2) is 4.99 Å². The number of rotatable bonds is 4. The largest absolute Gasteiger partial charge is 0.389 e. The summed E-state index contributed by atoms with van der Waals surface area (Å²) in [7, 11) is 0. The van der Waals surface area contributed by atoms with Gasteiger partial charge in [0, 0.05) is 29.4 Å². The van der Waals surface area contributed by atoms with Gasteiger partial charge < -0.3 is 11.1 Å². The van der Waals surface area contributed by atoms with E-state index in [1.807, 2.05) is 25.1 Å². The van der Waals surface area contributed by atoms with E-state index in [2.05, 4.69) is 5.32 Å². The molecule has 0 bridgehead atoms. The lowest BCUT2D eigenvalue weighted by molar-refractivity contribution is 0.574.